The number of carbonyl (C=O) groups is 2. The van der Waals surface area contributed by atoms with Crippen molar-refractivity contribution in [3.05, 3.63) is 65.9 Å². The molecule has 5 atom stereocenters. The summed E-state index contributed by atoms with van der Waals surface area (Å²) in [6.07, 6.45) is -0.248. The van der Waals surface area contributed by atoms with Gasteiger partial charge in [0.1, 0.15) is 6.10 Å². The summed E-state index contributed by atoms with van der Waals surface area (Å²) in [5.74, 6) is -0.432. The fourth-order valence-corrected chi connectivity index (χ4v) is 7.55. The van der Waals surface area contributed by atoms with Crippen LogP contribution in [0.4, 0.5) is 10.5 Å². The Morgan fingerprint density at radius 3 is 2.62 bits per heavy atom. The van der Waals surface area contributed by atoms with Crippen molar-refractivity contribution in [3.8, 4) is 0 Å². The lowest BCUT2D eigenvalue weighted by Gasteiger charge is -2.31. The van der Waals surface area contributed by atoms with Crippen molar-refractivity contribution in [2.24, 2.45) is 11.8 Å². The van der Waals surface area contributed by atoms with Crippen LogP contribution in [-0.4, -0.2) is 99.7 Å². The average molecular weight is 643 g/mol. The highest BCUT2D eigenvalue weighted by Crippen LogP contribution is 2.35. The Morgan fingerprint density at radius 2 is 1.91 bits per heavy atom. The van der Waals surface area contributed by atoms with Gasteiger partial charge in [0.05, 0.1) is 41.7 Å². The van der Waals surface area contributed by atoms with E-state index >= 15 is 0 Å². The number of benzene rings is 2. The topological polar surface area (TPSA) is 147 Å². The maximum absolute atomic E-state index is 14.1. The third kappa shape index (κ3) is 7.67. The lowest BCUT2D eigenvalue weighted by molar-refractivity contribution is -0.110. The number of aliphatic hydroxyl groups excluding tert-OH is 1. The fraction of sp³-hybridized carbons (Fsp3) is 0.500. The second-order valence-corrected chi connectivity index (χ2v) is 14.3. The summed E-state index contributed by atoms with van der Waals surface area (Å²) < 4.78 is 46.2. The molecule has 0 spiro atoms. The van der Waals surface area contributed by atoms with Gasteiger partial charge in [-0.15, -0.1) is 0 Å². The summed E-state index contributed by atoms with van der Waals surface area (Å²) in [6, 6.07) is 13.0. The van der Waals surface area contributed by atoms with Gasteiger partial charge in [0.25, 0.3) is 5.91 Å². The molecule has 45 heavy (non-hydrogen) atoms. The minimum absolute atomic E-state index is 0.00296. The summed E-state index contributed by atoms with van der Waals surface area (Å²) in [4.78, 5) is 27.4. The van der Waals surface area contributed by atoms with E-state index in [1.54, 1.807) is 31.3 Å². The number of sulfonamides is 1. The molecule has 2 saturated heterocycles. The molecular formula is C32H42N4O8S. The summed E-state index contributed by atoms with van der Waals surface area (Å²) in [5, 5.41) is 17.1. The van der Waals surface area contributed by atoms with Crippen LogP contribution < -0.4 is 10.6 Å². The molecule has 0 saturated carbocycles. The largest absolute Gasteiger partial charge is 0.443 e. The van der Waals surface area contributed by atoms with Crippen molar-refractivity contribution in [1.29, 1.82) is 0 Å². The number of nitrogens with zero attached hydrogens (tertiary/aromatic N) is 2. The molecule has 0 aromatic heterocycles. The van der Waals surface area contributed by atoms with Crippen LogP contribution in [0.5, 0.6) is 0 Å². The number of alkyl carbamates (subject to hydrolysis) is 1. The maximum Gasteiger partial charge on any atom is 0.407 e. The number of carbonyl (C=O) groups excluding carboxylic acids is 2. The zero-order valence-electron chi connectivity index (χ0n) is 26.0. The molecule has 2 amide bonds. The standard InChI is InChI=1S/C32H42N4O8S/c1-20(2)16-36(45(40,41)22-10-11-26-24(15-22)25(17-35(3)4)30(38)33-26)18-28(37)27(14-21-8-6-5-7-9-21)34-32(39)44-29-19-43-31-23(29)12-13-42-31/h5-11,15,17,20,23,27-29,31,37H,12-14,16,18-19H2,1-4H3,(H,33,38)(H,34,39). The number of ether oxygens (including phenoxy) is 3. The van der Waals surface area contributed by atoms with Gasteiger partial charge in [-0.1, -0.05) is 44.2 Å². The molecule has 12 nitrogen and oxygen atoms in total. The van der Waals surface area contributed by atoms with E-state index in [0.717, 1.165) is 12.0 Å². The molecule has 5 unspecified atom stereocenters. The van der Waals surface area contributed by atoms with Gasteiger partial charge in [0, 0.05) is 44.6 Å². The Morgan fingerprint density at radius 1 is 1.16 bits per heavy atom. The van der Waals surface area contributed by atoms with Crippen molar-refractivity contribution in [2.45, 2.75) is 56.1 Å². The van der Waals surface area contributed by atoms with Gasteiger partial charge in [-0.2, -0.15) is 4.31 Å². The minimum atomic E-state index is -4.13. The molecule has 3 heterocycles. The molecule has 13 heteroatoms. The number of amides is 2. The van der Waals surface area contributed by atoms with E-state index in [4.69, 9.17) is 14.2 Å². The first-order valence-electron chi connectivity index (χ1n) is 15.2. The Bertz CT molecular complexity index is 1510. The predicted molar refractivity (Wildman–Crippen MR) is 167 cm³/mol. The van der Waals surface area contributed by atoms with E-state index in [1.807, 2.05) is 44.2 Å². The Labute approximate surface area is 264 Å². The number of fused-ring (bicyclic) bond motifs is 2. The van der Waals surface area contributed by atoms with Crippen LogP contribution in [0.15, 0.2) is 59.6 Å². The zero-order valence-corrected chi connectivity index (χ0v) is 26.8. The number of hydrogen-bond acceptors (Lipinski definition) is 9. The van der Waals surface area contributed by atoms with Gasteiger partial charge in [-0.25, -0.2) is 13.2 Å². The smallest absolute Gasteiger partial charge is 0.407 e. The van der Waals surface area contributed by atoms with Gasteiger partial charge >= 0.3 is 6.09 Å². The highest BCUT2D eigenvalue weighted by atomic mass is 32.2. The van der Waals surface area contributed by atoms with Crippen molar-refractivity contribution in [2.75, 3.05) is 45.7 Å². The third-order valence-corrected chi connectivity index (χ3v) is 9.90. The Balaban J connectivity index is 1.37. The second-order valence-electron chi connectivity index (χ2n) is 12.4. The highest BCUT2D eigenvalue weighted by molar-refractivity contribution is 7.89. The SMILES string of the molecule is CC(C)CN(CC(O)C(Cc1ccccc1)NC(=O)OC1COC2OCCC12)S(=O)(=O)c1ccc2c(c1)C(=CN(C)C)C(=O)N2. The van der Waals surface area contributed by atoms with Crippen molar-refractivity contribution < 1.29 is 37.3 Å². The molecule has 3 aliphatic heterocycles. The molecule has 2 fully saturated rings. The monoisotopic (exact) mass is 642 g/mol. The second kappa shape index (κ2) is 13.9. The number of aliphatic hydroxyl groups is 1. The first kappa shape index (κ1) is 32.9. The summed E-state index contributed by atoms with van der Waals surface area (Å²) in [6.45, 7) is 4.38. The molecule has 3 N–H and O–H groups in total. The van der Waals surface area contributed by atoms with E-state index in [2.05, 4.69) is 10.6 Å². The number of anilines is 1. The van der Waals surface area contributed by atoms with Crippen LogP contribution in [-0.2, 0) is 35.4 Å². The average Bonchev–Trinajstić information content (AvgIpc) is 3.68. The molecule has 0 bridgehead atoms. The van der Waals surface area contributed by atoms with Gasteiger partial charge < -0.3 is 34.9 Å². The normalized spacial score (nSPS) is 23.1. The van der Waals surface area contributed by atoms with E-state index < -0.39 is 34.4 Å². The van der Waals surface area contributed by atoms with E-state index in [9.17, 15) is 23.1 Å². The number of hydrogen-bond donors (Lipinski definition) is 3. The molecule has 244 valence electrons. The van der Waals surface area contributed by atoms with Crippen molar-refractivity contribution in [3.63, 3.8) is 0 Å². The molecule has 2 aromatic rings. The molecule has 2 aromatic carbocycles. The first-order chi connectivity index (χ1) is 21.4. The molecule has 0 aliphatic carbocycles. The van der Waals surface area contributed by atoms with Crippen LogP contribution in [0.1, 0.15) is 31.4 Å². The van der Waals surface area contributed by atoms with Gasteiger partial charge in [0.15, 0.2) is 6.29 Å². The minimum Gasteiger partial charge on any atom is -0.443 e. The predicted octanol–water partition coefficient (Wildman–Crippen LogP) is 2.65. The number of nitrogens with one attached hydrogen (secondary N) is 2. The van der Waals surface area contributed by atoms with Gasteiger partial charge in [-0.3, -0.25) is 4.79 Å². The lowest BCUT2D eigenvalue weighted by atomic mass is 10.0. The van der Waals surface area contributed by atoms with Gasteiger partial charge in [-0.05, 0) is 42.5 Å². The van der Waals surface area contributed by atoms with Crippen molar-refractivity contribution in [1.82, 2.24) is 14.5 Å². The summed E-state index contributed by atoms with van der Waals surface area (Å²) >= 11 is 0. The molecule has 0 radical (unpaired) electrons. The maximum atomic E-state index is 14.1. The van der Waals surface area contributed by atoms with Crippen molar-refractivity contribution >= 4 is 33.3 Å². The summed E-state index contributed by atoms with van der Waals surface area (Å²) in [5.41, 5.74) is 2.22. The van der Waals surface area contributed by atoms with E-state index in [1.165, 1.54) is 16.4 Å². The third-order valence-electron chi connectivity index (χ3n) is 8.07. The zero-order chi connectivity index (χ0) is 32.3. The Hall–Kier alpha value is -3.49. The van der Waals surface area contributed by atoms with Crippen LogP contribution in [0.2, 0.25) is 0 Å². The number of rotatable bonds is 12. The highest BCUT2D eigenvalue weighted by Gasteiger charge is 2.44. The summed E-state index contributed by atoms with van der Waals surface area (Å²) in [7, 11) is -0.567. The molecular weight excluding hydrogens is 600 g/mol. The molecule has 5 rings (SSSR count). The quantitative estimate of drug-likeness (QED) is 0.298. The first-order valence-corrected chi connectivity index (χ1v) is 16.6. The van der Waals surface area contributed by atoms with E-state index in [0.29, 0.717) is 23.4 Å². The van der Waals surface area contributed by atoms with Crippen LogP contribution in [0.25, 0.3) is 5.57 Å². The van der Waals surface area contributed by atoms with E-state index in [-0.39, 0.29) is 55.0 Å². The fourth-order valence-electron chi connectivity index (χ4n) is 5.90. The van der Waals surface area contributed by atoms with Gasteiger partial charge in [0.2, 0.25) is 10.0 Å². The Kier molecular flexibility index (Phi) is 10.1. The molecule has 3 aliphatic rings. The van der Waals surface area contributed by atoms with Crippen LogP contribution >= 0.6 is 0 Å². The van der Waals surface area contributed by atoms with Crippen LogP contribution in [0, 0.1) is 11.8 Å². The van der Waals surface area contributed by atoms with Crippen LogP contribution in [0.3, 0.4) is 0 Å². The lowest BCUT2D eigenvalue weighted by Crippen LogP contribution is -2.51.